The van der Waals surface area contributed by atoms with Gasteiger partial charge in [-0.05, 0) is 6.08 Å². The molecule has 0 rings (SSSR count). The van der Waals surface area contributed by atoms with Gasteiger partial charge in [0.25, 0.3) is 0 Å². The van der Waals surface area contributed by atoms with Crippen LogP contribution in [0, 0.1) is 0 Å². The largest absolute Gasteiger partial charge is 0.347 e. The summed E-state index contributed by atoms with van der Waals surface area (Å²) in [6.45, 7) is 4.56. The first-order valence-corrected chi connectivity index (χ1v) is 2.66. The van der Waals surface area contributed by atoms with Crippen LogP contribution in [0.4, 0.5) is 0 Å². The van der Waals surface area contributed by atoms with E-state index in [2.05, 4.69) is 6.58 Å². The normalized spacial score (nSPS) is 11.4. The summed E-state index contributed by atoms with van der Waals surface area (Å²) in [4.78, 5) is 0. The highest BCUT2D eigenvalue weighted by molar-refractivity contribution is 4.63. The molecule has 2 nitrogen and oxygen atoms in total. The van der Waals surface area contributed by atoms with Crippen LogP contribution in [0.3, 0.4) is 0 Å². The molecule has 0 amide bonds. The number of hydrogen-bond acceptors (Lipinski definition) is 1. The molecule has 0 saturated heterocycles. The van der Waals surface area contributed by atoms with Crippen molar-refractivity contribution in [3.05, 3.63) is 12.7 Å². The lowest BCUT2D eigenvalue weighted by molar-refractivity contribution is -0.903. The van der Waals surface area contributed by atoms with Crippen molar-refractivity contribution in [1.82, 2.24) is 0 Å². The molecule has 0 saturated carbocycles. The average Bonchev–Trinajstić information content (AvgIpc) is 1.67. The van der Waals surface area contributed by atoms with Crippen LogP contribution in [0.25, 0.3) is 0 Å². The molecule has 0 fully saturated rings. The molecule has 0 aromatic rings. The molecule has 1 N–H and O–H groups in total. The van der Waals surface area contributed by atoms with Gasteiger partial charge in [-0.15, -0.1) is 0 Å². The van der Waals surface area contributed by atoms with Gasteiger partial charge in [-0.25, -0.2) is 0 Å². The smallest absolute Gasteiger partial charge is 0.180 e. The van der Waals surface area contributed by atoms with E-state index in [1.807, 2.05) is 14.1 Å². The Kier molecular flexibility index (Phi) is 2.72. The molecule has 0 aliphatic carbocycles. The fourth-order valence-electron chi connectivity index (χ4n) is 0.407. The molecular formula is C6H14NO+. The summed E-state index contributed by atoms with van der Waals surface area (Å²) < 4.78 is 0.601. The highest BCUT2D eigenvalue weighted by atomic mass is 16.3. The van der Waals surface area contributed by atoms with Gasteiger partial charge in [0.1, 0.15) is 0 Å². The summed E-state index contributed by atoms with van der Waals surface area (Å²) in [6.07, 6.45) is 1.80. The molecule has 0 atom stereocenters. The van der Waals surface area contributed by atoms with Crippen molar-refractivity contribution in [2.75, 3.05) is 27.4 Å². The van der Waals surface area contributed by atoms with Crippen molar-refractivity contribution in [1.29, 1.82) is 0 Å². The zero-order valence-electron chi connectivity index (χ0n) is 5.59. The molecule has 0 aliphatic heterocycles. The highest BCUT2D eigenvalue weighted by Gasteiger charge is 2.07. The van der Waals surface area contributed by atoms with Crippen LogP contribution in [0.15, 0.2) is 12.7 Å². The number of hydrogen-bond donors (Lipinski definition) is 1. The van der Waals surface area contributed by atoms with E-state index in [0.29, 0.717) is 4.48 Å². The van der Waals surface area contributed by atoms with Gasteiger partial charge >= 0.3 is 0 Å². The van der Waals surface area contributed by atoms with Gasteiger partial charge in [-0.2, -0.15) is 0 Å². The van der Waals surface area contributed by atoms with Gasteiger partial charge in [-0.3, -0.25) is 0 Å². The van der Waals surface area contributed by atoms with Crippen LogP contribution in [-0.4, -0.2) is 37.0 Å². The van der Waals surface area contributed by atoms with E-state index in [-0.39, 0.29) is 6.73 Å². The Hall–Kier alpha value is -0.340. The molecule has 0 spiro atoms. The summed E-state index contributed by atoms with van der Waals surface area (Å²) in [5.74, 6) is 0. The third-order valence-corrected chi connectivity index (χ3v) is 1.01. The van der Waals surface area contributed by atoms with Crippen molar-refractivity contribution in [3.63, 3.8) is 0 Å². The Morgan fingerprint density at radius 3 is 2.25 bits per heavy atom. The van der Waals surface area contributed by atoms with E-state index in [9.17, 15) is 0 Å². The number of quaternary nitrogens is 1. The lowest BCUT2D eigenvalue weighted by Gasteiger charge is -2.24. The van der Waals surface area contributed by atoms with Crippen molar-refractivity contribution in [2.45, 2.75) is 0 Å². The molecular weight excluding hydrogens is 102 g/mol. The molecule has 0 aromatic heterocycles. The second kappa shape index (κ2) is 2.84. The topological polar surface area (TPSA) is 20.2 Å². The molecule has 0 unspecified atom stereocenters. The second-order valence-corrected chi connectivity index (χ2v) is 2.55. The quantitative estimate of drug-likeness (QED) is 0.317. The van der Waals surface area contributed by atoms with E-state index in [0.717, 1.165) is 6.54 Å². The molecule has 2 heteroatoms. The number of likely N-dealkylation sites (N-methyl/N-ethyl adjacent to an activating group) is 1. The van der Waals surface area contributed by atoms with Crippen LogP contribution in [-0.2, 0) is 0 Å². The third-order valence-electron chi connectivity index (χ3n) is 1.01. The Morgan fingerprint density at radius 2 is 2.12 bits per heavy atom. The van der Waals surface area contributed by atoms with Gasteiger partial charge in [-0.1, -0.05) is 6.58 Å². The van der Waals surface area contributed by atoms with Crippen molar-refractivity contribution in [2.24, 2.45) is 0 Å². The summed E-state index contributed by atoms with van der Waals surface area (Å²) in [5, 5.41) is 8.65. The summed E-state index contributed by atoms with van der Waals surface area (Å²) in [5.41, 5.74) is 0. The lowest BCUT2D eigenvalue weighted by atomic mass is 10.5. The standard InChI is InChI=1S/C6H14NO/c1-4-5-7(2,3)6-8/h4,8H,1,5-6H2,2-3H3/q+1. The number of nitrogens with zero attached hydrogens (tertiary/aromatic N) is 1. The van der Waals surface area contributed by atoms with E-state index >= 15 is 0 Å². The Morgan fingerprint density at radius 1 is 1.62 bits per heavy atom. The first-order valence-electron chi connectivity index (χ1n) is 2.66. The van der Waals surface area contributed by atoms with Gasteiger partial charge in [0.2, 0.25) is 0 Å². The Labute approximate surface area is 50.6 Å². The third kappa shape index (κ3) is 2.77. The fraction of sp³-hybridized carbons (Fsp3) is 0.667. The summed E-state index contributed by atoms with van der Waals surface area (Å²) in [6, 6.07) is 0. The molecule has 0 aliphatic rings. The minimum absolute atomic E-state index is 0.173. The van der Waals surface area contributed by atoms with Gasteiger partial charge < -0.3 is 9.59 Å². The average molecular weight is 116 g/mol. The SMILES string of the molecule is C=CC[N+](C)(C)CO. The van der Waals surface area contributed by atoms with E-state index in [1.165, 1.54) is 0 Å². The Balaban J connectivity index is 3.53. The predicted octanol–water partition coefficient (Wildman–Crippen LogP) is 0.199. The minimum Gasteiger partial charge on any atom is -0.347 e. The number of aliphatic hydroxyl groups is 1. The van der Waals surface area contributed by atoms with Crippen molar-refractivity contribution >= 4 is 0 Å². The maximum Gasteiger partial charge on any atom is 0.180 e. The van der Waals surface area contributed by atoms with Crippen LogP contribution < -0.4 is 0 Å². The second-order valence-electron chi connectivity index (χ2n) is 2.55. The predicted molar refractivity (Wildman–Crippen MR) is 34.3 cm³/mol. The molecule has 48 valence electrons. The van der Waals surface area contributed by atoms with E-state index in [4.69, 9.17) is 5.11 Å². The van der Waals surface area contributed by atoms with Crippen LogP contribution in [0.5, 0.6) is 0 Å². The fourth-order valence-corrected chi connectivity index (χ4v) is 0.407. The molecule has 8 heavy (non-hydrogen) atoms. The monoisotopic (exact) mass is 116 g/mol. The molecule has 0 radical (unpaired) electrons. The van der Waals surface area contributed by atoms with Crippen molar-refractivity contribution in [3.8, 4) is 0 Å². The first-order chi connectivity index (χ1) is 3.62. The highest BCUT2D eigenvalue weighted by Crippen LogP contribution is 1.91. The molecule has 0 heterocycles. The number of rotatable bonds is 3. The lowest BCUT2D eigenvalue weighted by Crippen LogP contribution is -2.40. The number of aliphatic hydroxyl groups excluding tert-OH is 1. The zero-order valence-corrected chi connectivity index (χ0v) is 5.59. The van der Waals surface area contributed by atoms with Crippen LogP contribution in [0.1, 0.15) is 0 Å². The van der Waals surface area contributed by atoms with E-state index in [1.54, 1.807) is 6.08 Å². The van der Waals surface area contributed by atoms with Gasteiger partial charge in [0, 0.05) is 0 Å². The maximum absolute atomic E-state index is 8.65. The summed E-state index contributed by atoms with van der Waals surface area (Å²) >= 11 is 0. The molecule has 0 bridgehead atoms. The molecule has 0 aromatic carbocycles. The summed E-state index contributed by atoms with van der Waals surface area (Å²) in [7, 11) is 3.89. The van der Waals surface area contributed by atoms with Crippen LogP contribution in [0.2, 0.25) is 0 Å². The van der Waals surface area contributed by atoms with Gasteiger partial charge in [0.15, 0.2) is 6.73 Å². The van der Waals surface area contributed by atoms with Gasteiger partial charge in [0.05, 0.1) is 20.6 Å². The van der Waals surface area contributed by atoms with Crippen molar-refractivity contribution < 1.29 is 9.59 Å². The Bertz CT molecular complexity index is 78.6. The minimum atomic E-state index is 0.173. The zero-order chi connectivity index (χ0) is 6.62. The van der Waals surface area contributed by atoms with Crippen LogP contribution >= 0.6 is 0 Å². The maximum atomic E-state index is 8.65. The van der Waals surface area contributed by atoms with E-state index < -0.39 is 0 Å². The first kappa shape index (κ1) is 7.66.